The molecule has 0 unspecified atom stereocenters. The number of hydrogen-bond acceptors (Lipinski definition) is 5. The van der Waals surface area contributed by atoms with E-state index in [0.29, 0.717) is 6.42 Å². The van der Waals surface area contributed by atoms with E-state index in [1.54, 1.807) is 0 Å². The van der Waals surface area contributed by atoms with Gasteiger partial charge in [0.05, 0.1) is 16.4 Å². The zero-order valence-corrected chi connectivity index (χ0v) is 10.3. The molecule has 1 fully saturated rings. The number of nitro groups is 1. The van der Waals surface area contributed by atoms with Crippen molar-refractivity contribution in [3.05, 3.63) is 39.5 Å². The standard InChI is InChI=1S/C12H9F2N3O3/c1-5-8(13)2-6(3-10(5)17(18)19)11-15-12(20-16-11)7-4-9(7)14/h2-3,7,9H,4H2,1H3/t7-,9-/m0/s1. The zero-order valence-electron chi connectivity index (χ0n) is 10.3. The first-order valence-electron chi connectivity index (χ1n) is 5.90. The maximum absolute atomic E-state index is 13.7. The summed E-state index contributed by atoms with van der Waals surface area (Å²) in [7, 11) is 0. The Morgan fingerprint density at radius 1 is 1.50 bits per heavy atom. The van der Waals surface area contributed by atoms with Crippen molar-refractivity contribution in [3.8, 4) is 11.4 Å². The topological polar surface area (TPSA) is 82.1 Å². The normalized spacial score (nSPS) is 20.9. The van der Waals surface area contributed by atoms with Crippen LogP contribution < -0.4 is 0 Å². The van der Waals surface area contributed by atoms with Crippen molar-refractivity contribution in [1.82, 2.24) is 10.1 Å². The number of aromatic nitrogens is 2. The average Bonchev–Trinajstić information content (AvgIpc) is 2.93. The highest BCUT2D eigenvalue weighted by atomic mass is 19.1. The molecule has 8 heteroatoms. The highest BCUT2D eigenvalue weighted by Gasteiger charge is 2.43. The molecule has 1 aromatic heterocycles. The van der Waals surface area contributed by atoms with E-state index >= 15 is 0 Å². The number of nitrogens with zero attached hydrogens (tertiary/aromatic N) is 3. The molecule has 0 spiro atoms. The van der Waals surface area contributed by atoms with E-state index in [2.05, 4.69) is 10.1 Å². The molecule has 2 aromatic rings. The van der Waals surface area contributed by atoms with Crippen LogP contribution in [0.4, 0.5) is 14.5 Å². The van der Waals surface area contributed by atoms with Crippen molar-refractivity contribution < 1.29 is 18.2 Å². The molecule has 0 amide bonds. The van der Waals surface area contributed by atoms with Crippen molar-refractivity contribution in [1.29, 1.82) is 0 Å². The molecule has 1 heterocycles. The fourth-order valence-corrected chi connectivity index (χ4v) is 1.91. The van der Waals surface area contributed by atoms with Crippen molar-refractivity contribution in [2.24, 2.45) is 0 Å². The first kappa shape index (κ1) is 12.6. The Morgan fingerprint density at radius 2 is 2.20 bits per heavy atom. The maximum Gasteiger partial charge on any atom is 0.275 e. The minimum absolute atomic E-state index is 0.0149. The van der Waals surface area contributed by atoms with Gasteiger partial charge >= 0.3 is 0 Å². The summed E-state index contributed by atoms with van der Waals surface area (Å²) < 4.78 is 31.4. The summed E-state index contributed by atoms with van der Waals surface area (Å²) in [6, 6.07) is 2.27. The zero-order chi connectivity index (χ0) is 14.4. The van der Waals surface area contributed by atoms with E-state index in [-0.39, 0.29) is 28.5 Å². The molecule has 104 valence electrons. The van der Waals surface area contributed by atoms with Crippen LogP contribution in [0.25, 0.3) is 11.4 Å². The van der Waals surface area contributed by atoms with Crippen LogP contribution in [0.2, 0.25) is 0 Å². The predicted octanol–water partition coefficient (Wildman–Crippen LogP) is 2.92. The van der Waals surface area contributed by atoms with Crippen molar-refractivity contribution in [2.75, 3.05) is 0 Å². The van der Waals surface area contributed by atoms with Crippen LogP contribution in [-0.2, 0) is 0 Å². The molecule has 0 saturated heterocycles. The van der Waals surface area contributed by atoms with Gasteiger partial charge in [-0.25, -0.2) is 8.78 Å². The largest absolute Gasteiger partial charge is 0.339 e. The highest BCUT2D eigenvalue weighted by Crippen LogP contribution is 2.43. The van der Waals surface area contributed by atoms with Gasteiger partial charge in [-0.1, -0.05) is 5.16 Å². The molecule has 1 aliphatic rings. The Hall–Kier alpha value is -2.38. The minimum atomic E-state index is -0.993. The summed E-state index contributed by atoms with van der Waals surface area (Å²) in [5.41, 5.74) is -0.291. The third-order valence-corrected chi connectivity index (χ3v) is 3.24. The van der Waals surface area contributed by atoms with Crippen LogP contribution in [-0.4, -0.2) is 21.2 Å². The van der Waals surface area contributed by atoms with Gasteiger partial charge in [0, 0.05) is 11.6 Å². The molecular formula is C12H9F2N3O3. The molecule has 1 aromatic carbocycles. The number of nitro benzene ring substituents is 1. The molecular weight excluding hydrogens is 272 g/mol. The Balaban J connectivity index is 2.01. The summed E-state index contributed by atoms with van der Waals surface area (Å²) in [6.45, 7) is 1.32. The quantitative estimate of drug-likeness (QED) is 0.638. The number of rotatable bonds is 3. The fraction of sp³-hybridized carbons (Fsp3) is 0.333. The van der Waals surface area contributed by atoms with Crippen molar-refractivity contribution in [2.45, 2.75) is 25.4 Å². The maximum atomic E-state index is 13.7. The summed E-state index contributed by atoms with van der Waals surface area (Å²) in [5, 5.41) is 14.5. The summed E-state index contributed by atoms with van der Waals surface area (Å²) in [4.78, 5) is 14.1. The van der Waals surface area contributed by atoms with Gasteiger partial charge in [-0.05, 0) is 19.4 Å². The third kappa shape index (κ3) is 2.02. The van der Waals surface area contributed by atoms with Gasteiger partial charge in [0.15, 0.2) is 0 Å². The molecule has 0 radical (unpaired) electrons. The van der Waals surface area contributed by atoms with Crippen LogP contribution in [0, 0.1) is 22.9 Å². The second-order valence-corrected chi connectivity index (χ2v) is 4.67. The summed E-state index contributed by atoms with van der Waals surface area (Å²) in [5.74, 6) is -0.992. The number of halogens is 2. The predicted molar refractivity (Wildman–Crippen MR) is 63.3 cm³/mol. The Morgan fingerprint density at radius 3 is 2.80 bits per heavy atom. The molecule has 0 aliphatic heterocycles. The molecule has 3 rings (SSSR count). The Labute approximate surface area is 111 Å². The lowest BCUT2D eigenvalue weighted by molar-refractivity contribution is -0.385. The van der Waals surface area contributed by atoms with Crippen molar-refractivity contribution in [3.63, 3.8) is 0 Å². The summed E-state index contributed by atoms with van der Waals surface area (Å²) >= 11 is 0. The van der Waals surface area contributed by atoms with E-state index in [0.717, 1.165) is 6.07 Å². The van der Waals surface area contributed by atoms with Gasteiger partial charge < -0.3 is 4.52 Å². The summed E-state index contributed by atoms with van der Waals surface area (Å²) in [6.07, 6.45) is -0.670. The van der Waals surface area contributed by atoms with Crippen LogP contribution in [0.15, 0.2) is 16.7 Å². The van der Waals surface area contributed by atoms with Crippen LogP contribution in [0.5, 0.6) is 0 Å². The van der Waals surface area contributed by atoms with Gasteiger partial charge in [-0.15, -0.1) is 0 Å². The van der Waals surface area contributed by atoms with Crippen molar-refractivity contribution >= 4 is 5.69 Å². The molecule has 1 saturated carbocycles. The number of alkyl halides is 1. The monoisotopic (exact) mass is 281 g/mol. The minimum Gasteiger partial charge on any atom is -0.339 e. The van der Waals surface area contributed by atoms with E-state index in [1.165, 1.54) is 13.0 Å². The Bertz CT molecular complexity index is 701. The van der Waals surface area contributed by atoms with Gasteiger partial charge in [0.2, 0.25) is 11.7 Å². The smallest absolute Gasteiger partial charge is 0.275 e. The molecule has 20 heavy (non-hydrogen) atoms. The average molecular weight is 281 g/mol. The SMILES string of the molecule is Cc1c(F)cc(-c2noc([C@H]3C[C@@H]3F)n2)cc1[N+](=O)[O-]. The molecule has 0 bridgehead atoms. The molecule has 2 atom stereocenters. The lowest BCUT2D eigenvalue weighted by Crippen LogP contribution is -1.96. The van der Waals surface area contributed by atoms with Crippen LogP contribution in [0.3, 0.4) is 0 Å². The molecule has 6 nitrogen and oxygen atoms in total. The second kappa shape index (κ2) is 4.32. The van der Waals surface area contributed by atoms with E-state index in [9.17, 15) is 18.9 Å². The Kier molecular flexibility index (Phi) is 2.73. The first-order valence-corrected chi connectivity index (χ1v) is 5.90. The first-order chi connectivity index (χ1) is 9.47. The fourth-order valence-electron chi connectivity index (χ4n) is 1.91. The van der Waals surface area contributed by atoms with Gasteiger partial charge in [-0.3, -0.25) is 10.1 Å². The highest BCUT2D eigenvalue weighted by molar-refractivity contribution is 5.61. The van der Waals surface area contributed by atoms with Crippen LogP contribution >= 0.6 is 0 Å². The third-order valence-electron chi connectivity index (χ3n) is 3.24. The van der Waals surface area contributed by atoms with E-state index < -0.39 is 22.8 Å². The number of hydrogen-bond donors (Lipinski definition) is 0. The van der Waals surface area contributed by atoms with Gasteiger partial charge in [-0.2, -0.15) is 4.98 Å². The van der Waals surface area contributed by atoms with Gasteiger partial charge in [0.25, 0.3) is 5.69 Å². The van der Waals surface area contributed by atoms with E-state index in [4.69, 9.17) is 4.52 Å². The second-order valence-electron chi connectivity index (χ2n) is 4.67. The van der Waals surface area contributed by atoms with Crippen LogP contribution in [0.1, 0.15) is 23.8 Å². The number of benzene rings is 1. The molecule has 0 N–H and O–H groups in total. The van der Waals surface area contributed by atoms with Gasteiger partial charge in [0.1, 0.15) is 12.0 Å². The lowest BCUT2D eigenvalue weighted by atomic mass is 10.1. The molecule has 1 aliphatic carbocycles. The van der Waals surface area contributed by atoms with E-state index in [1.807, 2.05) is 0 Å². The lowest BCUT2D eigenvalue weighted by Gasteiger charge is -2.01.